The fourth-order valence-corrected chi connectivity index (χ4v) is 2.42. The van der Waals surface area contributed by atoms with Crippen LogP contribution in [0.3, 0.4) is 0 Å². The van der Waals surface area contributed by atoms with Gasteiger partial charge in [-0.15, -0.1) is 0 Å². The molecule has 0 aliphatic rings. The predicted octanol–water partition coefficient (Wildman–Crippen LogP) is 1.90. The summed E-state index contributed by atoms with van der Waals surface area (Å²) in [5, 5.41) is 8.48. The molecule has 0 unspecified atom stereocenters. The lowest BCUT2D eigenvalue weighted by Crippen LogP contribution is -2.15. The zero-order valence-electron chi connectivity index (χ0n) is 9.10. The standard InChI is InChI=1S/C11H14N2O2S/c1-2-9-16(14,15)13-11-5-3-10(4-6-11)7-8-12/h3-6,13H,2,7,9H2,1H3. The molecule has 16 heavy (non-hydrogen) atoms. The maximum atomic E-state index is 11.4. The minimum Gasteiger partial charge on any atom is -0.284 e. The second kappa shape index (κ2) is 5.52. The molecular formula is C11H14N2O2S. The lowest BCUT2D eigenvalue weighted by Gasteiger charge is -2.06. The van der Waals surface area contributed by atoms with Gasteiger partial charge < -0.3 is 0 Å². The van der Waals surface area contributed by atoms with Crippen LogP contribution in [0.2, 0.25) is 0 Å². The highest BCUT2D eigenvalue weighted by molar-refractivity contribution is 7.92. The van der Waals surface area contributed by atoms with Gasteiger partial charge in [-0.2, -0.15) is 5.26 Å². The van der Waals surface area contributed by atoms with Crippen molar-refractivity contribution >= 4 is 15.7 Å². The third kappa shape index (κ3) is 3.91. The molecule has 0 radical (unpaired) electrons. The number of benzene rings is 1. The van der Waals surface area contributed by atoms with E-state index in [1.165, 1.54) is 0 Å². The van der Waals surface area contributed by atoms with Gasteiger partial charge in [-0.25, -0.2) is 8.42 Å². The molecule has 4 nitrogen and oxygen atoms in total. The highest BCUT2D eigenvalue weighted by atomic mass is 32.2. The molecule has 5 heteroatoms. The molecule has 0 spiro atoms. The molecule has 1 aromatic carbocycles. The van der Waals surface area contributed by atoms with E-state index in [1.54, 1.807) is 24.3 Å². The molecule has 0 aliphatic heterocycles. The van der Waals surface area contributed by atoms with Crippen LogP contribution in [0.15, 0.2) is 24.3 Å². The fraction of sp³-hybridized carbons (Fsp3) is 0.364. The molecule has 0 aromatic heterocycles. The Bertz CT molecular complexity index is 472. The number of sulfonamides is 1. The molecule has 0 aliphatic carbocycles. The Morgan fingerprint density at radius 3 is 2.44 bits per heavy atom. The van der Waals surface area contributed by atoms with Crippen LogP contribution in [0.25, 0.3) is 0 Å². The summed E-state index contributed by atoms with van der Waals surface area (Å²) in [7, 11) is -3.22. The van der Waals surface area contributed by atoms with E-state index in [4.69, 9.17) is 5.26 Å². The highest BCUT2D eigenvalue weighted by Crippen LogP contribution is 2.12. The number of anilines is 1. The van der Waals surface area contributed by atoms with E-state index in [0.29, 0.717) is 18.5 Å². The first-order valence-corrected chi connectivity index (χ1v) is 6.69. The Hall–Kier alpha value is -1.54. The molecule has 0 bridgehead atoms. The van der Waals surface area contributed by atoms with Gasteiger partial charge in [0.1, 0.15) is 0 Å². The molecule has 1 rings (SSSR count). The smallest absolute Gasteiger partial charge is 0.232 e. The normalized spacial score (nSPS) is 10.8. The monoisotopic (exact) mass is 238 g/mol. The average Bonchev–Trinajstić information content (AvgIpc) is 2.21. The summed E-state index contributed by atoms with van der Waals surface area (Å²) in [4.78, 5) is 0. The molecule has 0 atom stereocenters. The van der Waals surface area contributed by atoms with Crippen molar-refractivity contribution in [1.82, 2.24) is 0 Å². The largest absolute Gasteiger partial charge is 0.284 e. The molecule has 0 saturated carbocycles. The molecule has 0 heterocycles. The van der Waals surface area contributed by atoms with Crippen LogP contribution < -0.4 is 4.72 Å². The zero-order chi connectivity index (χ0) is 12.0. The summed E-state index contributed by atoms with van der Waals surface area (Å²) in [5.74, 6) is 0.118. The van der Waals surface area contributed by atoms with Crippen molar-refractivity contribution in [3.8, 4) is 6.07 Å². The summed E-state index contributed by atoms with van der Waals surface area (Å²) >= 11 is 0. The van der Waals surface area contributed by atoms with Gasteiger partial charge in [0.15, 0.2) is 0 Å². The SMILES string of the molecule is CCCS(=O)(=O)Nc1ccc(CC#N)cc1. The highest BCUT2D eigenvalue weighted by Gasteiger charge is 2.07. The zero-order valence-corrected chi connectivity index (χ0v) is 9.92. The number of nitrogens with one attached hydrogen (secondary N) is 1. The van der Waals surface area contributed by atoms with E-state index in [1.807, 2.05) is 13.0 Å². The number of hydrogen-bond donors (Lipinski definition) is 1. The average molecular weight is 238 g/mol. The predicted molar refractivity (Wildman–Crippen MR) is 63.5 cm³/mol. The topological polar surface area (TPSA) is 70.0 Å². The summed E-state index contributed by atoms with van der Waals surface area (Å²) in [6.07, 6.45) is 0.920. The van der Waals surface area contributed by atoms with Crippen LogP contribution in [0.1, 0.15) is 18.9 Å². The first kappa shape index (κ1) is 12.5. The van der Waals surface area contributed by atoms with Crippen LogP contribution in [-0.4, -0.2) is 14.2 Å². The Kier molecular flexibility index (Phi) is 4.32. The minimum atomic E-state index is -3.22. The van der Waals surface area contributed by atoms with Crippen LogP contribution >= 0.6 is 0 Å². The lowest BCUT2D eigenvalue weighted by atomic mass is 10.1. The number of hydrogen-bond acceptors (Lipinski definition) is 3. The Morgan fingerprint density at radius 1 is 1.31 bits per heavy atom. The van der Waals surface area contributed by atoms with Crippen molar-refractivity contribution < 1.29 is 8.42 Å². The van der Waals surface area contributed by atoms with E-state index in [9.17, 15) is 8.42 Å². The van der Waals surface area contributed by atoms with E-state index >= 15 is 0 Å². The molecular weight excluding hydrogens is 224 g/mol. The first-order valence-electron chi connectivity index (χ1n) is 5.04. The quantitative estimate of drug-likeness (QED) is 0.851. The van der Waals surface area contributed by atoms with Gasteiger partial charge in [0, 0.05) is 5.69 Å². The Labute approximate surface area is 96.0 Å². The van der Waals surface area contributed by atoms with Crippen molar-refractivity contribution in [3.63, 3.8) is 0 Å². The van der Waals surface area contributed by atoms with Crippen molar-refractivity contribution in [2.75, 3.05) is 10.5 Å². The van der Waals surface area contributed by atoms with Crippen LogP contribution in [0.5, 0.6) is 0 Å². The van der Waals surface area contributed by atoms with E-state index in [2.05, 4.69) is 4.72 Å². The molecule has 1 aromatic rings. The third-order valence-electron chi connectivity index (χ3n) is 1.98. The molecule has 0 fully saturated rings. The van der Waals surface area contributed by atoms with Gasteiger partial charge in [-0.3, -0.25) is 4.72 Å². The Morgan fingerprint density at radius 2 is 1.94 bits per heavy atom. The summed E-state index contributed by atoms with van der Waals surface area (Å²) in [6, 6.07) is 8.85. The second-order valence-electron chi connectivity index (χ2n) is 3.45. The number of nitrogens with zero attached hydrogens (tertiary/aromatic N) is 1. The third-order valence-corrected chi connectivity index (χ3v) is 3.48. The molecule has 1 N–H and O–H groups in total. The molecule has 0 amide bonds. The van der Waals surface area contributed by atoms with E-state index < -0.39 is 10.0 Å². The molecule has 0 saturated heterocycles. The Balaban J connectivity index is 2.73. The van der Waals surface area contributed by atoms with Crippen molar-refractivity contribution in [1.29, 1.82) is 5.26 Å². The van der Waals surface area contributed by atoms with Gasteiger partial charge in [-0.1, -0.05) is 19.1 Å². The van der Waals surface area contributed by atoms with Gasteiger partial charge in [0.2, 0.25) is 10.0 Å². The summed E-state index contributed by atoms with van der Waals surface area (Å²) < 4.78 is 25.4. The van der Waals surface area contributed by atoms with Crippen molar-refractivity contribution in [2.24, 2.45) is 0 Å². The number of nitriles is 1. The van der Waals surface area contributed by atoms with Crippen LogP contribution in [0, 0.1) is 11.3 Å². The van der Waals surface area contributed by atoms with Gasteiger partial charge >= 0.3 is 0 Å². The van der Waals surface area contributed by atoms with Crippen LogP contribution in [0.4, 0.5) is 5.69 Å². The van der Waals surface area contributed by atoms with Crippen molar-refractivity contribution in [3.05, 3.63) is 29.8 Å². The maximum absolute atomic E-state index is 11.4. The van der Waals surface area contributed by atoms with E-state index in [0.717, 1.165) is 5.56 Å². The maximum Gasteiger partial charge on any atom is 0.232 e. The second-order valence-corrected chi connectivity index (χ2v) is 5.29. The fourth-order valence-electron chi connectivity index (χ4n) is 1.28. The van der Waals surface area contributed by atoms with E-state index in [-0.39, 0.29) is 5.75 Å². The lowest BCUT2D eigenvalue weighted by molar-refractivity contribution is 0.600. The van der Waals surface area contributed by atoms with Gasteiger partial charge in [-0.05, 0) is 24.1 Å². The van der Waals surface area contributed by atoms with Crippen molar-refractivity contribution in [2.45, 2.75) is 19.8 Å². The first-order chi connectivity index (χ1) is 7.57. The molecule has 86 valence electrons. The van der Waals surface area contributed by atoms with Crippen LogP contribution in [-0.2, 0) is 16.4 Å². The number of rotatable bonds is 5. The summed E-state index contributed by atoms with van der Waals surface area (Å²) in [6.45, 7) is 1.81. The minimum absolute atomic E-state index is 0.118. The van der Waals surface area contributed by atoms with Gasteiger partial charge in [0.05, 0.1) is 18.2 Å². The summed E-state index contributed by atoms with van der Waals surface area (Å²) in [5.41, 5.74) is 1.41. The van der Waals surface area contributed by atoms with Gasteiger partial charge in [0.25, 0.3) is 0 Å².